The lowest BCUT2D eigenvalue weighted by Crippen LogP contribution is -2.28. The molecule has 0 saturated carbocycles. The lowest BCUT2D eigenvalue weighted by Gasteiger charge is -2.12. The van der Waals surface area contributed by atoms with Crippen LogP contribution in [0.1, 0.15) is 24.2 Å². The topological polar surface area (TPSA) is 99.9 Å². The number of hydrogen-bond donors (Lipinski definition) is 1. The zero-order valence-corrected chi connectivity index (χ0v) is 19.6. The fraction of sp³-hybridized carbons (Fsp3) is 0.250. The molecule has 2 aromatic heterocycles. The maximum absolute atomic E-state index is 12.5. The Bertz CT molecular complexity index is 1290. The second-order valence-corrected chi connectivity index (χ2v) is 7.48. The molecule has 4 rings (SSSR count). The van der Waals surface area contributed by atoms with E-state index in [1.807, 2.05) is 32.0 Å². The summed E-state index contributed by atoms with van der Waals surface area (Å²) in [4.78, 5) is 12.5. The van der Waals surface area contributed by atoms with Gasteiger partial charge in [-0.25, -0.2) is 0 Å². The van der Waals surface area contributed by atoms with Crippen LogP contribution >= 0.6 is 11.6 Å². The predicted octanol–water partition coefficient (Wildman–Crippen LogP) is 4.05. The molecule has 2 heterocycles. The van der Waals surface area contributed by atoms with Crippen LogP contribution in [0.5, 0.6) is 17.4 Å². The first kappa shape index (κ1) is 23.3. The second-order valence-electron chi connectivity index (χ2n) is 7.08. The molecule has 10 heteroatoms. The molecule has 2 aromatic carbocycles. The zero-order valence-electron chi connectivity index (χ0n) is 18.8. The number of benzene rings is 2. The number of amides is 1. The van der Waals surface area contributed by atoms with Gasteiger partial charge in [-0.15, -0.1) is 15.3 Å². The van der Waals surface area contributed by atoms with Crippen LogP contribution in [-0.2, 0) is 0 Å². The monoisotopic (exact) mass is 481 g/mol. The molecule has 0 fully saturated rings. The van der Waals surface area contributed by atoms with Crippen molar-refractivity contribution in [2.24, 2.45) is 0 Å². The average molecular weight is 482 g/mol. The number of rotatable bonds is 10. The summed E-state index contributed by atoms with van der Waals surface area (Å²) < 4.78 is 18.4. The van der Waals surface area contributed by atoms with Gasteiger partial charge < -0.3 is 19.5 Å². The largest absolute Gasteiger partial charge is 0.490 e. The van der Waals surface area contributed by atoms with E-state index in [1.54, 1.807) is 40.9 Å². The Balaban J connectivity index is 1.38. The molecule has 4 aromatic rings. The van der Waals surface area contributed by atoms with Gasteiger partial charge in [0.15, 0.2) is 23.0 Å². The first-order valence-electron chi connectivity index (χ1n) is 10.9. The van der Waals surface area contributed by atoms with E-state index in [0.29, 0.717) is 52.7 Å². The number of nitrogens with one attached hydrogen (secondary N) is 1. The number of fused-ring (bicyclic) bond motifs is 1. The van der Waals surface area contributed by atoms with Gasteiger partial charge in [0, 0.05) is 17.2 Å². The lowest BCUT2D eigenvalue weighted by molar-refractivity contribution is 0.0946. The van der Waals surface area contributed by atoms with E-state index in [4.69, 9.17) is 25.8 Å². The summed E-state index contributed by atoms with van der Waals surface area (Å²) in [7, 11) is 0. The molecular weight excluding hydrogens is 458 g/mol. The Morgan fingerprint density at radius 3 is 2.56 bits per heavy atom. The average Bonchev–Trinajstić information content (AvgIpc) is 3.26. The highest BCUT2D eigenvalue weighted by atomic mass is 35.5. The molecule has 0 spiro atoms. The Hall–Kier alpha value is -3.85. The number of carbonyl (C=O) groups excluding carboxylic acids is 1. The maximum atomic E-state index is 12.5. The van der Waals surface area contributed by atoms with Gasteiger partial charge in [-0.3, -0.25) is 4.79 Å². The molecule has 0 aliphatic carbocycles. The van der Waals surface area contributed by atoms with Crippen molar-refractivity contribution in [3.8, 4) is 28.8 Å². The molecule has 34 heavy (non-hydrogen) atoms. The Morgan fingerprint density at radius 1 is 0.971 bits per heavy atom. The minimum absolute atomic E-state index is 0.225. The standard InChI is InChI=1S/C24H24ClN5O4/c1-3-32-19-10-9-16(15-20(19)33-4-2)24(31)26-13-14-34-22-12-11-21-27-28-23(30(21)29-22)17-7-5-6-8-18(17)25/h5-12,15H,3-4,13-14H2,1-2H3,(H,26,31). The molecule has 0 unspecified atom stereocenters. The third kappa shape index (κ3) is 5.20. The van der Waals surface area contributed by atoms with E-state index >= 15 is 0 Å². The summed E-state index contributed by atoms with van der Waals surface area (Å²) in [5, 5.41) is 16.2. The van der Waals surface area contributed by atoms with Gasteiger partial charge in [0.05, 0.1) is 24.8 Å². The van der Waals surface area contributed by atoms with Crippen LogP contribution in [0.2, 0.25) is 5.02 Å². The lowest BCUT2D eigenvalue weighted by atomic mass is 10.2. The highest BCUT2D eigenvalue weighted by molar-refractivity contribution is 6.33. The number of ether oxygens (including phenoxy) is 3. The summed E-state index contributed by atoms with van der Waals surface area (Å²) in [6.07, 6.45) is 0. The van der Waals surface area contributed by atoms with E-state index in [2.05, 4.69) is 20.6 Å². The van der Waals surface area contributed by atoms with Crippen molar-refractivity contribution in [3.05, 3.63) is 65.2 Å². The quantitative estimate of drug-likeness (QED) is 0.341. The predicted molar refractivity (Wildman–Crippen MR) is 128 cm³/mol. The maximum Gasteiger partial charge on any atom is 0.251 e. The van der Waals surface area contributed by atoms with E-state index < -0.39 is 0 Å². The fourth-order valence-corrected chi connectivity index (χ4v) is 3.49. The zero-order chi connectivity index (χ0) is 23.9. The fourth-order valence-electron chi connectivity index (χ4n) is 3.27. The molecule has 0 atom stereocenters. The number of nitrogens with zero attached hydrogens (tertiary/aromatic N) is 4. The van der Waals surface area contributed by atoms with E-state index in [-0.39, 0.29) is 19.1 Å². The van der Waals surface area contributed by atoms with Crippen molar-refractivity contribution in [1.29, 1.82) is 0 Å². The van der Waals surface area contributed by atoms with Crippen LogP contribution in [0.25, 0.3) is 17.0 Å². The van der Waals surface area contributed by atoms with Gasteiger partial charge in [0.1, 0.15) is 6.61 Å². The van der Waals surface area contributed by atoms with Crippen LogP contribution in [-0.4, -0.2) is 52.1 Å². The van der Waals surface area contributed by atoms with Crippen molar-refractivity contribution in [2.45, 2.75) is 13.8 Å². The van der Waals surface area contributed by atoms with E-state index in [1.165, 1.54) is 0 Å². The molecule has 0 saturated heterocycles. The molecule has 9 nitrogen and oxygen atoms in total. The summed E-state index contributed by atoms with van der Waals surface area (Å²) in [5.41, 5.74) is 1.76. The van der Waals surface area contributed by atoms with Crippen molar-refractivity contribution in [3.63, 3.8) is 0 Å². The van der Waals surface area contributed by atoms with Gasteiger partial charge in [0.2, 0.25) is 5.88 Å². The third-order valence-electron chi connectivity index (χ3n) is 4.80. The van der Waals surface area contributed by atoms with Gasteiger partial charge >= 0.3 is 0 Å². The van der Waals surface area contributed by atoms with Crippen molar-refractivity contribution in [1.82, 2.24) is 25.1 Å². The normalized spacial score (nSPS) is 10.8. The minimum Gasteiger partial charge on any atom is -0.490 e. The first-order chi connectivity index (χ1) is 16.6. The van der Waals surface area contributed by atoms with Gasteiger partial charge in [-0.2, -0.15) is 4.52 Å². The van der Waals surface area contributed by atoms with Gasteiger partial charge in [0.25, 0.3) is 5.91 Å². The summed E-state index contributed by atoms with van der Waals surface area (Å²) >= 11 is 6.29. The SMILES string of the molecule is CCOc1ccc(C(=O)NCCOc2ccc3nnc(-c4ccccc4Cl)n3n2)cc1OCC. The summed E-state index contributed by atoms with van der Waals surface area (Å²) in [6, 6.07) is 15.9. The van der Waals surface area contributed by atoms with Gasteiger partial charge in [-0.05, 0) is 50.2 Å². The van der Waals surface area contributed by atoms with Crippen LogP contribution in [0, 0.1) is 0 Å². The number of hydrogen-bond acceptors (Lipinski definition) is 7. The number of halogens is 1. The highest BCUT2D eigenvalue weighted by Crippen LogP contribution is 2.29. The van der Waals surface area contributed by atoms with Crippen LogP contribution in [0.3, 0.4) is 0 Å². The summed E-state index contributed by atoms with van der Waals surface area (Å²) in [6.45, 7) is 5.27. The van der Waals surface area contributed by atoms with E-state index in [9.17, 15) is 4.79 Å². The molecular formula is C24H24ClN5O4. The molecule has 0 radical (unpaired) electrons. The number of carbonyl (C=O) groups is 1. The third-order valence-corrected chi connectivity index (χ3v) is 5.13. The molecule has 0 aliphatic heterocycles. The molecule has 1 N–H and O–H groups in total. The van der Waals surface area contributed by atoms with Crippen LogP contribution in [0.15, 0.2) is 54.6 Å². The first-order valence-corrected chi connectivity index (χ1v) is 11.3. The molecule has 1 amide bonds. The Morgan fingerprint density at radius 2 is 1.76 bits per heavy atom. The molecule has 176 valence electrons. The smallest absolute Gasteiger partial charge is 0.251 e. The minimum atomic E-state index is -0.240. The van der Waals surface area contributed by atoms with Crippen molar-refractivity contribution >= 4 is 23.2 Å². The van der Waals surface area contributed by atoms with Gasteiger partial charge in [-0.1, -0.05) is 23.7 Å². The van der Waals surface area contributed by atoms with Crippen molar-refractivity contribution < 1.29 is 19.0 Å². The Labute approximate surface area is 201 Å². The van der Waals surface area contributed by atoms with Crippen LogP contribution < -0.4 is 19.5 Å². The van der Waals surface area contributed by atoms with Crippen LogP contribution in [0.4, 0.5) is 0 Å². The molecule has 0 aliphatic rings. The van der Waals surface area contributed by atoms with Crippen molar-refractivity contribution in [2.75, 3.05) is 26.4 Å². The molecule has 0 bridgehead atoms. The second kappa shape index (κ2) is 10.8. The number of aromatic nitrogens is 4. The van der Waals surface area contributed by atoms with E-state index in [0.717, 1.165) is 5.56 Å². The Kier molecular flexibility index (Phi) is 7.44. The highest BCUT2D eigenvalue weighted by Gasteiger charge is 2.14. The summed E-state index contributed by atoms with van der Waals surface area (Å²) in [5.74, 6) is 1.79.